The lowest BCUT2D eigenvalue weighted by molar-refractivity contribution is -0.434. The third-order valence-electron chi connectivity index (χ3n) is 1.95. The highest BCUT2D eigenvalue weighted by molar-refractivity contribution is 7.91. The summed E-state index contributed by atoms with van der Waals surface area (Å²) in [5.41, 5.74) is 0.571. The molecule has 1 N–H and O–H groups in total. The second kappa shape index (κ2) is 8.19. The molecule has 1 aromatic rings. The van der Waals surface area contributed by atoms with Crippen molar-refractivity contribution in [3.63, 3.8) is 0 Å². The normalized spacial score (nSPS) is 12.1. The molecule has 0 aromatic heterocycles. The van der Waals surface area contributed by atoms with Crippen LogP contribution in [0.2, 0.25) is 0 Å². The molecule has 0 spiro atoms. The third kappa shape index (κ3) is 5.63. The van der Waals surface area contributed by atoms with Crippen LogP contribution < -0.4 is 0 Å². The zero-order chi connectivity index (χ0) is 14.1. The molecule has 0 atom stereocenters. The Kier molecular flexibility index (Phi) is 6.91. The summed E-state index contributed by atoms with van der Waals surface area (Å²) in [6.07, 6.45) is 0. The number of sulfone groups is 1. The molecular weight excluding hydrogens is 296 g/mol. The summed E-state index contributed by atoms with van der Waals surface area (Å²) < 4.78 is 32.4. The molecule has 0 saturated carbocycles. The minimum atomic E-state index is -3.45. The Morgan fingerprint density at radius 3 is 2.58 bits per heavy atom. The molecule has 0 saturated heterocycles. The number of benzene rings is 1. The predicted octanol–water partition coefficient (Wildman–Crippen LogP) is 2.17. The summed E-state index contributed by atoms with van der Waals surface area (Å²) in [7, 11) is -1.92. The van der Waals surface area contributed by atoms with Crippen molar-refractivity contribution in [2.75, 3.05) is 19.4 Å². The minimum Gasteiger partial charge on any atom is -0.288 e. The highest BCUT2D eigenvalue weighted by atomic mass is 32.2. The van der Waals surface area contributed by atoms with Crippen molar-refractivity contribution in [3.05, 3.63) is 24.3 Å². The molecule has 106 valence electrons. The molecule has 0 fully saturated rings. The van der Waals surface area contributed by atoms with Crippen molar-refractivity contribution < 1.29 is 27.2 Å². The molecule has 0 aliphatic rings. The first kappa shape index (κ1) is 16.0. The lowest BCUT2D eigenvalue weighted by atomic mass is 10.3. The lowest BCUT2D eigenvalue weighted by Gasteiger charge is -2.04. The van der Waals surface area contributed by atoms with Gasteiger partial charge in [-0.2, -0.15) is 10.2 Å². The second-order valence-corrected chi connectivity index (χ2v) is 5.76. The third-order valence-corrected chi connectivity index (χ3v) is 4.03. The maximum atomic E-state index is 11.9. The summed E-state index contributed by atoms with van der Waals surface area (Å²) in [5, 5.41) is 18.4. The second-order valence-electron chi connectivity index (χ2n) is 3.15. The predicted molar refractivity (Wildman–Crippen MR) is 67.3 cm³/mol. The molecule has 0 aliphatic heterocycles. The standard InChI is InChI=1S/C9H12N2O6S2/c1-10-11-8-2-4-9(5-3-8)19(13,14)7-6-15-18-17-16-12/h2-5,12H,6-7H2,1H3. The van der Waals surface area contributed by atoms with Gasteiger partial charge in [0.1, 0.15) is 0 Å². The van der Waals surface area contributed by atoms with Gasteiger partial charge in [0.25, 0.3) is 0 Å². The van der Waals surface area contributed by atoms with E-state index >= 15 is 0 Å². The number of hydrogen-bond donors (Lipinski definition) is 1. The zero-order valence-corrected chi connectivity index (χ0v) is 11.6. The van der Waals surface area contributed by atoms with E-state index in [0.717, 1.165) is 0 Å². The number of nitrogens with zero attached hydrogens (tertiary/aromatic N) is 2. The largest absolute Gasteiger partial charge is 0.288 e. The molecule has 0 bridgehead atoms. The molecule has 0 heterocycles. The smallest absolute Gasteiger partial charge is 0.197 e. The van der Waals surface area contributed by atoms with Crippen LogP contribution in [-0.4, -0.2) is 33.1 Å². The molecule has 1 aromatic carbocycles. The Morgan fingerprint density at radius 2 is 2.00 bits per heavy atom. The Hall–Kier alpha value is -1.04. The van der Waals surface area contributed by atoms with Crippen LogP contribution in [0.25, 0.3) is 0 Å². The molecule has 8 nitrogen and oxygen atoms in total. The lowest BCUT2D eigenvalue weighted by Crippen LogP contribution is -2.10. The van der Waals surface area contributed by atoms with E-state index in [0.29, 0.717) is 18.0 Å². The van der Waals surface area contributed by atoms with Gasteiger partial charge >= 0.3 is 0 Å². The van der Waals surface area contributed by atoms with Crippen molar-refractivity contribution in [3.8, 4) is 0 Å². The van der Waals surface area contributed by atoms with Crippen LogP contribution in [0.1, 0.15) is 0 Å². The van der Waals surface area contributed by atoms with E-state index in [1.807, 2.05) is 0 Å². The average molecular weight is 308 g/mol. The maximum absolute atomic E-state index is 11.9. The highest BCUT2D eigenvalue weighted by Gasteiger charge is 2.14. The van der Waals surface area contributed by atoms with Crippen LogP contribution in [0.3, 0.4) is 0 Å². The van der Waals surface area contributed by atoms with Crippen molar-refractivity contribution in [1.29, 1.82) is 0 Å². The van der Waals surface area contributed by atoms with Gasteiger partial charge in [-0.15, -0.1) is 4.33 Å². The van der Waals surface area contributed by atoms with Gasteiger partial charge in [-0.1, -0.05) is 5.04 Å². The van der Waals surface area contributed by atoms with Crippen molar-refractivity contribution >= 4 is 27.8 Å². The minimum absolute atomic E-state index is 0.118. The summed E-state index contributed by atoms with van der Waals surface area (Å²) in [6, 6.07) is 6.00. The van der Waals surface area contributed by atoms with E-state index in [1.165, 1.54) is 19.2 Å². The fourth-order valence-corrected chi connectivity index (χ4v) is 2.57. The molecule has 1 rings (SSSR count). The van der Waals surface area contributed by atoms with Gasteiger partial charge < -0.3 is 0 Å². The van der Waals surface area contributed by atoms with E-state index in [2.05, 4.69) is 19.6 Å². The first-order valence-corrected chi connectivity index (χ1v) is 7.31. The van der Waals surface area contributed by atoms with Gasteiger partial charge in [-0.05, 0) is 24.3 Å². The topological polar surface area (TPSA) is 107 Å². The molecular formula is C9H12N2O6S2. The summed E-state index contributed by atoms with van der Waals surface area (Å²) >= 11 is 0.334. The Balaban J connectivity index is 2.56. The van der Waals surface area contributed by atoms with E-state index < -0.39 is 9.84 Å². The van der Waals surface area contributed by atoms with E-state index in [4.69, 9.17) is 9.44 Å². The number of azo groups is 1. The van der Waals surface area contributed by atoms with Crippen LogP contribution >= 0.6 is 12.3 Å². The zero-order valence-electron chi connectivity index (χ0n) is 9.92. The molecule has 10 heteroatoms. The average Bonchev–Trinajstić information content (AvgIpc) is 2.39. The summed E-state index contributed by atoms with van der Waals surface area (Å²) in [6.45, 7) is -0.118. The van der Waals surface area contributed by atoms with Gasteiger partial charge in [-0.25, -0.2) is 13.7 Å². The fourth-order valence-electron chi connectivity index (χ4n) is 1.16. The van der Waals surface area contributed by atoms with Gasteiger partial charge in [-0.3, -0.25) is 4.18 Å². The summed E-state index contributed by atoms with van der Waals surface area (Å²) in [4.78, 5) is 0.162. The number of rotatable bonds is 8. The Labute approximate surface area is 114 Å². The Bertz CT molecular complexity index is 502. The fraction of sp³-hybridized carbons (Fsp3) is 0.333. The molecule has 0 amide bonds. The van der Waals surface area contributed by atoms with Crippen molar-refractivity contribution in [1.82, 2.24) is 0 Å². The van der Waals surface area contributed by atoms with Gasteiger partial charge in [0, 0.05) is 7.05 Å². The van der Waals surface area contributed by atoms with Crippen molar-refractivity contribution in [2.45, 2.75) is 4.90 Å². The van der Waals surface area contributed by atoms with Crippen LogP contribution in [0.15, 0.2) is 39.4 Å². The van der Waals surface area contributed by atoms with Crippen LogP contribution in [0.5, 0.6) is 0 Å². The number of hydrogen-bond acceptors (Lipinski definition) is 9. The van der Waals surface area contributed by atoms with E-state index in [1.54, 1.807) is 12.1 Å². The van der Waals surface area contributed by atoms with Gasteiger partial charge in [0.2, 0.25) is 0 Å². The highest BCUT2D eigenvalue weighted by Crippen LogP contribution is 2.18. The SMILES string of the molecule is CN=Nc1ccc(S(=O)(=O)CCOSOOO)cc1. The Morgan fingerprint density at radius 1 is 1.32 bits per heavy atom. The van der Waals surface area contributed by atoms with Gasteiger partial charge in [0.15, 0.2) is 22.2 Å². The molecule has 0 radical (unpaired) electrons. The van der Waals surface area contributed by atoms with Crippen molar-refractivity contribution in [2.24, 2.45) is 10.2 Å². The first-order valence-electron chi connectivity index (χ1n) is 4.99. The molecule has 0 aliphatic carbocycles. The van der Waals surface area contributed by atoms with Gasteiger partial charge in [0.05, 0.1) is 22.9 Å². The van der Waals surface area contributed by atoms with Crippen LogP contribution in [0, 0.1) is 0 Å². The molecule has 0 unspecified atom stereocenters. The monoisotopic (exact) mass is 308 g/mol. The van der Waals surface area contributed by atoms with Crippen LogP contribution in [-0.2, 0) is 23.4 Å². The van der Waals surface area contributed by atoms with E-state index in [-0.39, 0.29) is 17.3 Å². The maximum Gasteiger partial charge on any atom is 0.197 e. The summed E-state index contributed by atoms with van der Waals surface area (Å²) in [5.74, 6) is -0.233. The van der Waals surface area contributed by atoms with Crippen LogP contribution in [0.4, 0.5) is 5.69 Å². The quantitative estimate of drug-likeness (QED) is 0.258. The van der Waals surface area contributed by atoms with E-state index in [9.17, 15) is 8.42 Å². The first-order chi connectivity index (χ1) is 9.10. The molecule has 19 heavy (non-hydrogen) atoms.